The third kappa shape index (κ3) is 1.75. The lowest BCUT2D eigenvalue weighted by Gasteiger charge is -2.29. The molecule has 2 aliphatic carbocycles. The van der Waals surface area contributed by atoms with Crippen molar-refractivity contribution < 1.29 is 0 Å². The summed E-state index contributed by atoms with van der Waals surface area (Å²) in [5.41, 5.74) is 8.90. The van der Waals surface area contributed by atoms with Crippen LogP contribution in [-0.2, 0) is 6.42 Å². The van der Waals surface area contributed by atoms with E-state index in [9.17, 15) is 0 Å². The van der Waals surface area contributed by atoms with Gasteiger partial charge in [-0.1, -0.05) is 6.07 Å². The highest BCUT2D eigenvalue weighted by Crippen LogP contribution is 2.42. The molecule has 16 heavy (non-hydrogen) atoms. The van der Waals surface area contributed by atoms with Crippen LogP contribution in [0.5, 0.6) is 0 Å². The minimum absolute atomic E-state index is 0.444. The van der Waals surface area contributed by atoms with E-state index in [1.165, 1.54) is 49.8 Å². The lowest BCUT2D eigenvalue weighted by atomic mass is 9.78. The number of aryl methyl sites for hydroxylation is 1. The Balaban J connectivity index is 1.87. The second-order valence-electron chi connectivity index (χ2n) is 5.38. The number of hydrogen-bond donors (Lipinski definition) is 1. The Morgan fingerprint density at radius 2 is 2.19 bits per heavy atom. The molecule has 0 radical (unpaired) electrons. The van der Waals surface area contributed by atoms with Crippen LogP contribution in [0.1, 0.15) is 49.3 Å². The van der Waals surface area contributed by atoms with Crippen LogP contribution in [0.25, 0.3) is 0 Å². The largest absolute Gasteiger partial charge is 0.328 e. The van der Waals surface area contributed by atoms with E-state index in [1.807, 2.05) is 6.20 Å². The van der Waals surface area contributed by atoms with Crippen molar-refractivity contribution in [3.8, 4) is 0 Å². The number of hydrogen-bond acceptors (Lipinski definition) is 2. The topological polar surface area (TPSA) is 38.9 Å². The lowest BCUT2D eigenvalue weighted by molar-refractivity contribution is 0.375. The molecular formula is C14H20N2. The average Bonchev–Trinajstić information content (AvgIpc) is 2.75. The van der Waals surface area contributed by atoms with Gasteiger partial charge in [0.15, 0.2) is 0 Å². The zero-order chi connectivity index (χ0) is 11.0. The molecular weight excluding hydrogens is 196 g/mol. The third-order valence-corrected chi connectivity index (χ3v) is 4.32. The highest BCUT2D eigenvalue weighted by atomic mass is 14.7. The summed E-state index contributed by atoms with van der Waals surface area (Å²) in [7, 11) is 0. The predicted molar refractivity (Wildman–Crippen MR) is 65.2 cm³/mol. The van der Waals surface area contributed by atoms with Crippen molar-refractivity contribution in [2.75, 3.05) is 0 Å². The third-order valence-electron chi connectivity index (χ3n) is 4.32. The summed E-state index contributed by atoms with van der Waals surface area (Å²) in [4.78, 5) is 4.63. The number of aromatic nitrogens is 1. The molecule has 0 aliphatic heterocycles. The molecule has 0 spiro atoms. The van der Waals surface area contributed by atoms with Gasteiger partial charge >= 0.3 is 0 Å². The first-order chi connectivity index (χ1) is 7.84. The van der Waals surface area contributed by atoms with Crippen molar-refractivity contribution in [3.63, 3.8) is 0 Å². The Morgan fingerprint density at radius 1 is 1.25 bits per heavy atom. The maximum atomic E-state index is 6.03. The van der Waals surface area contributed by atoms with E-state index in [1.54, 1.807) is 0 Å². The van der Waals surface area contributed by atoms with E-state index in [4.69, 9.17) is 5.73 Å². The van der Waals surface area contributed by atoms with Crippen LogP contribution >= 0.6 is 0 Å². The quantitative estimate of drug-likeness (QED) is 0.783. The molecule has 3 rings (SSSR count). The Labute approximate surface area is 97.3 Å². The molecule has 2 aliphatic rings. The van der Waals surface area contributed by atoms with E-state index in [2.05, 4.69) is 17.1 Å². The van der Waals surface area contributed by atoms with Crippen LogP contribution < -0.4 is 5.73 Å². The number of nitrogens with two attached hydrogens (primary N) is 1. The minimum atomic E-state index is 0.444. The molecule has 0 amide bonds. The first kappa shape index (κ1) is 10.3. The van der Waals surface area contributed by atoms with E-state index in [0.717, 1.165) is 5.92 Å². The zero-order valence-electron chi connectivity index (χ0n) is 9.73. The Morgan fingerprint density at radius 3 is 3.00 bits per heavy atom. The van der Waals surface area contributed by atoms with Crippen LogP contribution in [0.3, 0.4) is 0 Å². The summed E-state index contributed by atoms with van der Waals surface area (Å²) >= 11 is 0. The molecule has 0 bridgehead atoms. The Bertz CT molecular complexity index is 375. The van der Waals surface area contributed by atoms with Crippen LogP contribution in [-0.4, -0.2) is 11.0 Å². The average molecular weight is 216 g/mol. The van der Waals surface area contributed by atoms with Gasteiger partial charge in [0.25, 0.3) is 0 Å². The summed E-state index contributed by atoms with van der Waals surface area (Å²) in [6.45, 7) is 0. The standard InChI is InChI=1S/C14H20N2/c15-12-7-6-11(9-12)13-5-1-3-10-4-2-8-16-14(10)13/h2,4,8,11-13H,1,3,5-7,9,15H2. The smallest absolute Gasteiger partial charge is 0.0469 e. The maximum Gasteiger partial charge on any atom is 0.0469 e. The van der Waals surface area contributed by atoms with Gasteiger partial charge in [-0.3, -0.25) is 4.98 Å². The normalized spacial score (nSPS) is 33.7. The SMILES string of the molecule is NC1CCC(C2CCCc3cccnc32)C1. The first-order valence-corrected chi connectivity index (χ1v) is 6.54. The van der Waals surface area contributed by atoms with Crippen LogP contribution in [0.4, 0.5) is 0 Å². The fraction of sp³-hybridized carbons (Fsp3) is 0.643. The van der Waals surface area contributed by atoms with E-state index in [0.29, 0.717) is 12.0 Å². The van der Waals surface area contributed by atoms with Crippen molar-refractivity contribution in [2.45, 2.75) is 50.5 Å². The molecule has 1 aromatic heterocycles. The van der Waals surface area contributed by atoms with Gasteiger partial charge in [-0.05, 0) is 56.1 Å². The number of rotatable bonds is 1. The number of nitrogens with zero attached hydrogens (tertiary/aromatic N) is 1. The summed E-state index contributed by atoms with van der Waals surface area (Å²) < 4.78 is 0. The molecule has 2 heteroatoms. The molecule has 0 saturated heterocycles. The molecule has 0 aromatic carbocycles. The molecule has 3 atom stereocenters. The lowest BCUT2D eigenvalue weighted by Crippen LogP contribution is -2.21. The fourth-order valence-corrected chi connectivity index (χ4v) is 3.52. The van der Waals surface area contributed by atoms with E-state index in [-0.39, 0.29) is 0 Å². The highest BCUT2D eigenvalue weighted by molar-refractivity contribution is 5.26. The summed E-state index contributed by atoms with van der Waals surface area (Å²) in [5.74, 6) is 1.49. The van der Waals surface area contributed by atoms with Crippen LogP contribution in [0.2, 0.25) is 0 Å². The second-order valence-corrected chi connectivity index (χ2v) is 5.38. The zero-order valence-corrected chi connectivity index (χ0v) is 9.73. The Kier molecular flexibility index (Phi) is 2.68. The summed E-state index contributed by atoms with van der Waals surface area (Å²) in [6.07, 6.45) is 9.55. The van der Waals surface area contributed by atoms with Crippen molar-refractivity contribution in [1.82, 2.24) is 4.98 Å². The van der Waals surface area contributed by atoms with Crippen molar-refractivity contribution in [3.05, 3.63) is 29.6 Å². The van der Waals surface area contributed by atoms with Gasteiger partial charge in [-0.25, -0.2) is 0 Å². The van der Waals surface area contributed by atoms with Gasteiger partial charge in [0, 0.05) is 23.9 Å². The van der Waals surface area contributed by atoms with Crippen LogP contribution in [0, 0.1) is 5.92 Å². The van der Waals surface area contributed by atoms with Gasteiger partial charge in [0.2, 0.25) is 0 Å². The Hall–Kier alpha value is -0.890. The maximum absolute atomic E-state index is 6.03. The number of pyridine rings is 1. The van der Waals surface area contributed by atoms with Gasteiger partial charge in [-0.2, -0.15) is 0 Å². The molecule has 2 nitrogen and oxygen atoms in total. The highest BCUT2D eigenvalue weighted by Gasteiger charge is 2.33. The summed E-state index contributed by atoms with van der Waals surface area (Å²) in [6, 6.07) is 4.77. The molecule has 86 valence electrons. The fourth-order valence-electron chi connectivity index (χ4n) is 3.52. The van der Waals surface area contributed by atoms with Crippen LogP contribution in [0.15, 0.2) is 18.3 Å². The minimum Gasteiger partial charge on any atom is -0.328 e. The first-order valence-electron chi connectivity index (χ1n) is 6.54. The van der Waals surface area contributed by atoms with Gasteiger partial charge in [0.1, 0.15) is 0 Å². The van der Waals surface area contributed by atoms with Crippen molar-refractivity contribution in [2.24, 2.45) is 11.7 Å². The second kappa shape index (κ2) is 4.17. The molecule has 2 N–H and O–H groups in total. The van der Waals surface area contributed by atoms with Gasteiger partial charge < -0.3 is 5.73 Å². The van der Waals surface area contributed by atoms with Crippen molar-refractivity contribution >= 4 is 0 Å². The summed E-state index contributed by atoms with van der Waals surface area (Å²) in [5, 5.41) is 0. The van der Waals surface area contributed by atoms with E-state index >= 15 is 0 Å². The number of fused-ring (bicyclic) bond motifs is 1. The van der Waals surface area contributed by atoms with E-state index < -0.39 is 0 Å². The molecule has 1 saturated carbocycles. The molecule has 3 unspecified atom stereocenters. The van der Waals surface area contributed by atoms with Gasteiger partial charge in [0.05, 0.1) is 0 Å². The van der Waals surface area contributed by atoms with Crippen molar-refractivity contribution in [1.29, 1.82) is 0 Å². The molecule has 1 aromatic rings. The van der Waals surface area contributed by atoms with Gasteiger partial charge in [-0.15, -0.1) is 0 Å². The predicted octanol–water partition coefficient (Wildman–Crippen LogP) is 2.63. The molecule has 1 fully saturated rings. The monoisotopic (exact) mass is 216 g/mol. The molecule has 1 heterocycles.